The second-order valence-corrected chi connectivity index (χ2v) is 4.13. The smallest absolute Gasteiger partial charge is 0.00866 e. The van der Waals surface area contributed by atoms with E-state index in [4.69, 9.17) is 0 Å². The summed E-state index contributed by atoms with van der Waals surface area (Å²) in [6, 6.07) is 0. The van der Waals surface area contributed by atoms with Crippen molar-refractivity contribution >= 4 is 0 Å². The van der Waals surface area contributed by atoms with E-state index in [0.29, 0.717) is 5.92 Å². The molecule has 0 spiro atoms. The van der Waals surface area contributed by atoms with Gasteiger partial charge in [0, 0.05) is 5.92 Å². The lowest BCUT2D eigenvalue weighted by Gasteiger charge is -2.16. The molecule has 3 aliphatic rings. The predicted octanol–water partition coefficient (Wildman–Crippen LogP) is 4.42. The molecule has 0 nitrogen and oxygen atoms in total. The van der Waals surface area contributed by atoms with E-state index in [1.807, 2.05) is 13.8 Å². The van der Waals surface area contributed by atoms with Gasteiger partial charge in [0.15, 0.2) is 0 Å². The number of hydrogen-bond acceptors (Lipinski definition) is 0. The Morgan fingerprint density at radius 3 is 2.60 bits per heavy atom. The van der Waals surface area contributed by atoms with Crippen LogP contribution in [0.25, 0.3) is 0 Å². The van der Waals surface area contributed by atoms with Gasteiger partial charge in [0.1, 0.15) is 0 Å². The normalized spacial score (nSPS) is 30.8. The third kappa shape index (κ3) is 1.86. The highest BCUT2D eigenvalue weighted by Crippen LogP contribution is 2.45. The van der Waals surface area contributed by atoms with Crippen LogP contribution in [0.5, 0.6) is 0 Å². The summed E-state index contributed by atoms with van der Waals surface area (Å²) in [5, 5.41) is 0. The maximum Gasteiger partial charge on any atom is 0.00866 e. The van der Waals surface area contributed by atoms with E-state index >= 15 is 0 Å². The second kappa shape index (κ2) is 4.65. The Balaban J connectivity index is 0.000000404. The topological polar surface area (TPSA) is 0 Å². The SMILES string of the molecule is C1=CC2CC3=CCCC=C3C2C=C1.CC. The number of hydrogen-bond donors (Lipinski definition) is 0. The molecule has 3 aliphatic carbocycles. The molecular weight excluding hydrogens is 180 g/mol. The van der Waals surface area contributed by atoms with Crippen LogP contribution in [-0.2, 0) is 0 Å². The molecule has 0 aromatic heterocycles. The highest BCUT2D eigenvalue weighted by molar-refractivity contribution is 5.46. The summed E-state index contributed by atoms with van der Waals surface area (Å²) in [5.41, 5.74) is 3.24. The summed E-state index contributed by atoms with van der Waals surface area (Å²) >= 11 is 0. The van der Waals surface area contributed by atoms with Crippen molar-refractivity contribution in [2.24, 2.45) is 11.8 Å². The van der Waals surface area contributed by atoms with Crippen LogP contribution in [0.1, 0.15) is 33.1 Å². The summed E-state index contributed by atoms with van der Waals surface area (Å²) in [5.74, 6) is 1.47. The van der Waals surface area contributed by atoms with Crippen LogP contribution in [0.15, 0.2) is 47.6 Å². The van der Waals surface area contributed by atoms with E-state index in [-0.39, 0.29) is 0 Å². The van der Waals surface area contributed by atoms with Crippen molar-refractivity contribution in [1.29, 1.82) is 0 Å². The first-order chi connectivity index (χ1) is 7.45. The fraction of sp³-hybridized carbons (Fsp3) is 0.467. The zero-order valence-corrected chi connectivity index (χ0v) is 9.74. The minimum Gasteiger partial charge on any atom is -0.0807 e. The van der Waals surface area contributed by atoms with Gasteiger partial charge in [-0.3, -0.25) is 0 Å². The Morgan fingerprint density at radius 1 is 1.00 bits per heavy atom. The molecule has 15 heavy (non-hydrogen) atoms. The van der Waals surface area contributed by atoms with E-state index in [2.05, 4.69) is 36.5 Å². The maximum atomic E-state index is 2.45. The van der Waals surface area contributed by atoms with Crippen LogP contribution < -0.4 is 0 Å². The lowest BCUT2D eigenvalue weighted by molar-refractivity contribution is 0.597. The molecule has 1 saturated carbocycles. The van der Waals surface area contributed by atoms with Crippen molar-refractivity contribution < 1.29 is 0 Å². The van der Waals surface area contributed by atoms with Gasteiger partial charge in [-0.15, -0.1) is 0 Å². The number of allylic oxidation sites excluding steroid dienone is 8. The van der Waals surface area contributed by atoms with E-state index < -0.39 is 0 Å². The molecular formula is C15H20. The van der Waals surface area contributed by atoms with Crippen LogP contribution in [0, 0.1) is 11.8 Å². The number of fused-ring (bicyclic) bond motifs is 3. The first-order valence-corrected chi connectivity index (χ1v) is 6.19. The fourth-order valence-corrected chi connectivity index (χ4v) is 2.73. The Labute approximate surface area is 93.1 Å². The Bertz CT molecular complexity index is 339. The molecule has 0 heteroatoms. The minimum absolute atomic E-state index is 0.705. The largest absolute Gasteiger partial charge is 0.0807 e. The Hall–Kier alpha value is -1.04. The monoisotopic (exact) mass is 200 g/mol. The van der Waals surface area contributed by atoms with Gasteiger partial charge >= 0.3 is 0 Å². The number of rotatable bonds is 0. The summed E-state index contributed by atoms with van der Waals surface area (Å²) in [6.45, 7) is 4.00. The molecule has 0 aromatic carbocycles. The van der Waals surface area contributed by atoms with Crippen molar-refractivity contribution in [3.05, 3.63) is 47.6 Å². The third-order valence-electron chi connectivity index (χ3n) is 3.36. The van der Waals surface area contributed by atoms with Gasteiger partial charge < -0.3 is 0 Å². The molecule has 80 valence electrons. The van der Waals surface area contributed by atoms with E-state index in [9.17, 15) is 0 Å². The molecule has 0 aromatic rings. The quantitative estimate of drug-likeness (QED) is 0.543. The zero-order chi connectivity index (χ0) is 10.7. The fourth-order valence-electron chi connectivity index (χ4n) is 2.73. The van der Waals surface area contributed by atoms with Crippen molar-refractivity contribution in [1.82, 2.24) is 0 Å². The average molecular weight is 200 g/mol. The molecule has 2 atom stereocenters. The lowest BCUT2D eigenvalue weighted by atomic mass is 9.88. The van der Waals surface area contributed by atoms with Gasteiger partial charge in [0.2, 0.25) is 0 Å². The van der Waals surface area contributed by atoms with Crippen LogP contribution >= 0.6 is 0 Å². The van der Waals surface area contributed by atoms with Crippen LogP contribution in [-0.4, -0.2) is 0 Å². The molecule has 0 bridgehead atoms. The highest BCUT2D eigenvalue weighted by Gasteiger charge is 2.32. The van der Waals surface area contributed by atoms with Gasteiger partial charge in [-0.1, -0.05) is 50.3 Å². The lowest BCUT2D eigenvalue weighted by Crippen LogP contribution is -2.06. The van der Waals surface area contributed by atoms with Crippen LogP contribution in [0.4, 0.5) is 0 Å². The molecule has 0 heterocycles. The molecule has 0 N–H and O–H groups in total. The molecule has 0 radical (unpaired) electrons. The molecule has 0 saturated heterocycles. The molecule has 0 amide bonds. The average Bonchev–Trinajstić information content (AvgIpc) is 2.70. The van der Waals surface area contributed by atoms with Crippen molar-refractivity contribution in [3.63, 3.8) is 0 Å². The van der Waals surface area contributed by atoms with E-state index in [0.717, 1.165) is 5.92 Å². The minimum atomic E-state index is 0.705. The Kier molecular flexibility index (Phi) is 3.25. The highest BCUT2D eigenvalue weighted by atomic mass is 14.4. The van der Waals surface area contributed by atoms with E-state index in [1.54, 1.807) is 11.1 Å². The Morgan fingerprint density at radius 2 is 1.73 bits per heavy atom. The van der Waals surface area contributed by atoms with Crippen molar-refractivity contribution in [2.75, 3.05) is 0 Å². The van der Waals surface area contributed by atoms with Gasteiger partial charge in [-0.05, 0) is 36.3 Å². The van der Waals surface area contributed by atoms with Crippen molar-refractivity contribution in [3.8, 4) is 0 Å². The van der Waals surface area contributed by atoms with Gasteiger partial charge in [0.25, 0.3) is 0 Å². The molecule has 0 aliphatic heterocycles. The summed E-state index contributed by atoms with van der Waals surface area (Å²) in [4.78, 5) is 0. The maximum absolute atomic E-state index is 2.45. The van der Waals surface area contributed by atoms with Gasteiger partial charge in [0.05, 0.1) is 0 Å². The van der Waals surface area contributed by atoms with Crippen molar-refractivity contribution in [2.45, 2.75) is 33.1 Å². The van der Waals surface area contributed by atoms with Crippen LogP contribution in [0.2, 0.25) is 0 Å². The zero-order valence-electron chi connectivity index (χ0n) is 9.74. The van der Waals surface area contributed by atoms with E-state index in [1.165, 1.54) is 19.3 Å². The standard InChI is InChI=1S/C13H14.C2H6/c1-3-7-12-10(5-1)9-11-6-2-4-8-13(11)12;1-2/h1,3,5-8,10,12H,2,4,9H2;1-2H3. The predicted molar refractivity (Wildman–Crippen MR) is 66.6 cm³/mol. The molecule has 2 unspecified atom stereocenters. The second-order valence-electron chi connectivity index (χ2n) is 4.13. The summed E-state index contributed by atoms with van der Waals surface area (Å²) in [7, 11) is 0. The molecule has 3 rings (SSSR count). The van der Waals surface area contributed by atoms with Gasteiger partial charge in [-0.25, -0.2) is 0 Å². The van der Waals surface area contributed by atoms with Crippen LogP contribution in [0.3, 0.4) is 0 Å². The summed E-state index contributed by atoms with van der Waals surface area (Å²) < 4.78 is 0. The summed E-state index contributed by atoms with van der Waals surface area (Å²) in [6.07, 6.45) is 17.8. The first-order valence-electron chi connectivity index (χ1n) is 6.19. The van der Waals surface area contributed by atoms with Gasteiger partial charge in [-0.2, -0.15) is 0 Å². The first kappa shape index (κ1) is 10.5. The molecule has 1 fully saturated rings. The third-order valence-corrected chi connectivity index (χ3v) is 3.36.